The Morgan fingerprint density at radius 3 is 2.33 bits per heavy atom. The molecule has 0 aliphatic heterocycles. The summed E-state index contributed by atoms with van der Waals surface area (Å²) in [6.07, 6.45) is 0.698. The van der Waals surface area contributed by atoms with Crippen molar-refractivity contribution in [2.75, 3.05) is 7.11 Å². The van der Waals surface area contributed by atoms with E-state index in [4.69, 9.17) is 0 Å². The minimum Gasteiger partial charge on any atom is -0.463 e. The lowest BCUT2D eigenvalue weighted by Crippen LogP contribution is -2.23. The fourth-order valence-electron chi connectivity index (χ4n) is 0.769. The number of methoxy groups -OCH3 is 1. The first-order chi connectivity index (χ1) is 5.54. The van der Waals surface area contributed by atoms with E-state index >= 15 is 0 Å². The molecule has 12 heavy (non-hydrogen) atoms. The van der Waals surface area contributed by atoms with Gasteiger partial charge in [0.2, 0.25) is 5.78 Å². The van der Waals surface area contributed by atoms with E-state index in [1.165, 1.54) is 7.11 Å². The van der Waals surface area contributed by atoms with Gasteiger partial charge < -0.3 is 4.74 Å². The van der Waals surface area contributed by atoms with E-state index in [0.29, 0.717) is 6.42 Å². The molecule has 0 aromatic heterocycles. The molecule has 0 aromatic carbocycles. The van der Waals surface area contributed by atoms with Gasteiger partial charge in [-0.3, -0.25) is 4.79 Å². The van der Waals surface area contributed by atoms with Gasteiger partial charge in [-0.25, -0.2) is 4.79 Å². The summed E-state index contributed by atoms with van der Waals surface area (Å²) in [7, 11) is 1.20. The molecule has 3 nitrogen and oxygen atoms in total. The Kier molecular flexibility index (Phi) is 4.26. The van der Waals surface area contributed by atoms with Crippen molar-refractivity contribution in [3.63, 3.8) is 0 Å². The van der Waals surface area contributed by atoms with Gasteiger partial charge in [-0.15, -0.1) is 0 Å². The van der Waals surface area contributed by atoms with Crippen LogP contribution in [-0.4, -0.2) is 18.9 Å². The van der Waals surface area contributed by atoms with Crippen LogP contribution in [0, 0.1) is 5.92 Å². The van der Waals surface area contributed by atoms with Crippen LogP contribution < -0.4 is 0 Å². The SMILES string of the molecule is C=C(CC)C(C)C(=O)C(=O)OC. The molecule has 0 bridgehead atoms. The van der Waals surface area contributed by atoms with Crippen molar-refractivity contribution in [2.45, 2.75) is 20.3 Å². The molecule has 0 fully saturated rings. The smallest absolute Gasteiger partial charge is 0.374 e. The van der Waals surface area contributed by atoms with Crippen LogP contribution in [0.25, 0.3) is 0 Å². The van der Waals surface area contributed by atoms with Crippen molar-refractivity contribution in [1.29, 1.82) is 0 Å². The standard InChI is InChI=1S/C9H14O3/c1-5-6(2)7(3)8(10)9(11)12-4/h7H,2,5H2,1,3-4H3. The Morgan fingerprint density at radius 1 is 1.50 bits per heavy atom. The number of hydrogen-bond acceptors (Lipinski definition) is 3. The molecule has 3 heteroatoms. The van der Waals surface area contributed by atoms with Crippen molar-refractivity contribution >= 4 is 11.8 Å². The molecule has 0 amide bonds. The summed E-state index contributed by atoms with van der Waals surface area (Å²) in [6, 6.07) is 0. The molecular formula is C9H14O3. The Labute approximate surface area is 72.4 Å². The number of ether oxygens (including phenoxy) is 1. The van der Waals surface area contributed by atoms with Gasteiger partial charge in [0.25, 0.3) is 0 Å². The average Bonchev–Trinajstić information content (AvgIpc) is 2.12. The highest BCUT2D eigenvalue weighted by Crippen LogP contribution is 2.13. The number of hydrogen-bond donors (Lipinski definition) is 0. The highest BCUT2D eigenvalue weighted by molar-refractivity contribution is 6.34. The summed E-state index contributed by atoms with van der Waals surface area (Å²) in [4.78, 5) is 21.9. The number of carbonyl (C=O) groups excluding carboxylic acids is 2. The Morgan fingerprint density at radius 2 is 2.00 bits per heavy atom. The van der Waals surface area contributed by atoms with Crippen molar-refractivity contribution in [3.8, 4) is 0 Å². The first kappa shape index (κ1) is 10.9. The van der Waals surface area contributed by atoms with E-state index in [-0.39, 0.29) is 0 Å². The lowest BCUT2D eigenvalue weighted by molar-refractivity contribution is -0.152. The molecule has 1 unspecified atom stereocenters. The van der Waals surface area contributed by atoms with Crippen molar-refractivity contribution < 1.29 is 14.3 Å². The fraction of sp³-hybridized carbons (Fsp3) is 0.556. The topological polar surface area (TPSA) is 43.4 Å². The number of Topliss-reactive ketones (excluding diaryl/α,β-unsaturated/α-hetero) is 1. The lowest BCUT2D eigenvalue weighted by Gasteiger charge is -2.09. The maximum absolute atomic E-state index is 11.1. The zero-order valence-corrected chi connectivity index (χ0v) is 7.72. The molecule has 68 valence electrons. The average molecular weight is 170 g/mol. The molecule has 0 radical (unpaired) electrons. The third kappa shape index (κ3) is 2.49. The number of rotatable bonds is 4. The van der Waals surface area contributed by atoms with Crippen LogP contribution in [0.5, 0.6) is 0 Å². The molecule has 0 aliphatic carbocycles. The van der Waals surface area contributed by atoms with Crippen molar-refractivity contribution in [3.05, 3.63) is 12.2 Å². The zero-order chi connectivity index (χ0) is 9.72. The fourth-order valence-corrected chi connectivity index (χ4v) is 0.769. The van der Waals surface area contributed by atoms with Gasteiger partial charge >= 0.3 is 5.97 Å². The second-order valence-electron chi connectivity index (χ2n) is 2.59. The molecule has 0 rings (SSSR count). The summed E-state index contributed by atoms with van der Waals surface area (Å²) >= 11 is 0. The summed E-state index contributed by atoms with van der Waals surface area (Å²) in [6.45, 7) is 7.23. The van der Waals surface area contributed by atoms with E-state index < -0.39 is 17.7 Å². The van der Waals surface area contributed by atoms with Gasteiger partial charge in [0.1, 0.15) is 0 Å². The predicted molar refractivity (Wildman–Crippen MR) is 45.6 cm³/mol. The van der Waals surface area contributed by atoms with E-state index in [1.54, 1.807) is 6.92 Å². The van der Waals surface area contributed by atoms with Gasteiger partial charge in [-0.05, 0) is 6.42 Å². The van der Waals surface area contributed by atoms with Crippen LogP contribution in [0.2, 0.25) is 0 Å². The maximum atomic E-state index is 11.1. The van der Waals surface area contributed by atoms with Gasteiger partial charge in [0, 0.05) is 5.92 Å². The van der Waals surface area contributed by atoms with E-state index in [9.17, 15) is 9.59 Å². The van der Waals surface area contributed by atoms with Gasteiger partial charge in [0.05, 0.1) is 7.11 Å². The third-order valence-electron chi connectivity index (χ3n) is 1.85. The molecule has 0 heterocycles. The first-order valence-electron chi connectivity index (χ1n) is 3.84. The minimum absolute atomic E-state index is 0.428. The van der Waals surface area contributed by atoms with E-state index in [2.05, 4.69) is 11.3 Å². The lowest BCUT2D eigenvalue weighted by atomic mass is 9.96. The quantitative estimate of drug-likeness (QED) is 0.363. The maximum Gasteiger partial charge on any atom is 0.374 e. The molecule has 0 aromatic rings. The van der Waals surface area contributed by atoms with E-state index in [0.717, 1.165) is 5.57 Å². The largest absolute Gasteiger partial charge is 0.463 e. The molecule has 1 atom stereocenters. The normalized spacial score (nSPS) is 11.9. The number of carbonyl (C=O) groups is 2. The molecule has 0 saturated heterocycles. The molecule has 0 aliphatic rings. The van der Waals surface area contributed by atoms with Crippen LogP contribution in [0.1, 0.15) is 20.3 Å². The Balaban J connectivity index is 4.29. The Bertz CT molecular complexity index is 206. The highest BCUT2D eigenvalue weighted by Gasteiger charge is 2.22. The number of esters is 1. The summed E-state index contributed by atoms with van der Waals surface area (Å²) in [5.41, 5.74) is 0.755. The van der Waals surface area contributed by atoms with Crippen LogP contribution in [-0.2, 0) is 14.3 Å². The number of allylic oxidation sites excluding steroid dienone is 1. The second kappa shape index (κ2) is 4.70. The van der Waals surface area contributed by atoms with Crippen LogP contribution >= 0.6 is 0 Å². The van der Waals surface area contributed by atoms with Gasteiger partial charge in [-0.2, -0.15) is 0 Å². The molecule has 0 saturated carbocycles. The van der Waals surface area contributed by atoms with Crippen LogP contribution in [0.4, 0.5) is 0 Å². The monoisotopic (exact) mass is 170 g/mol. The van der Waals surface area contributed by atoms with Crippen molar-refractivity contribution in [1.82, 2.24) is 0 Å². The van der Waals surface area contributed by atoms with Crippen molar-refractivity contribution in [2.24, 2.45) is 5.92 Å². The van der Waals surface area contributed by atoms with E-state index in [1.807, 2.05) is 6.92 Å². The summed E-state index contributed by atoms with van der Waals surface area (Å²) < 4.78 is 4.30. The first-order valence-corrected chi connectivity index (χ1v) is 3.84. The summed E-state index contributed by atoms with van der Waals surface area (Å²) in [5, 5.41) is 0. The molecule has 0 N–H and O–H groups in total. The molecule has 0 spiro atoms. The predicted octanol–water partition coefficient (Wildman–Crippen LogP) is 1.33. The third-order valence-corrected chi connectivity index (χ3v) is 1.85. The summed E-state index contributed by atoms with van der Waals surface area (Å²) in [5.74, 6) is -1.75. The zero-order valence-electron chi connectivity index (χ0n) is 7.72. The minimum atomic E-state index is -0.794. The second-order valence-corrected chi connectivity index (χ2v) is 2.59. The number of ketones is 1. The van der Waals surface area contributed by atoms with Crippen LogP contribution in [0.3, 0.4) is 0 Å². The van der Waals surface area contributed by atoms with Gasteiger partial charge in [0.15, 0.2) is 0 Å². The Hall–Kier alpha value is -1.12. The molecular weight excluding hydrogens is 156 g/mol. The highest BCUT2D eigenvalue weighted by atomic mass is 16.5. The van der Waals surface area contributed by atoms with Gasteiger partial charge in [-0.1, -0.05) is 26.0 Å². The van der Waals surface area contributed by atoms with Crippen LogP contribution in [0.15, 0.2) is 12.2 Å².